The van der Waals surface area contributed by atoms with Crippen molar-refractivity contribution in [3.8, 4) is 0 Å². The molecule has 1 aromatic heterocycles. The van der Waals surface area contributed by atoms with Gasteiger partial charge in [-0.25, -0.2) is 20.2 Å². The lowest BCUT2D eigenvalue weighted by molar-refractivity contribution is 0.621. The monoisotopic (exact) mass is 339 g/mol. The fourth-order valence-electron chi connectivity index (χ4n) is 1.71. The van der Waals surface area contributed by atoms with Crippen molar-refractivity contribution in [1.82, 2.24) is 9.97 Å². The molecule has 0 aliphatic rings. The summed E-state index contributed by atoms with van der Waals surface area (Å²) in [5.41, 5.74) is 4.04. The minimum atomic E-state index is -0.333. The lowest BCUT2D eigenvalue weighted by atomic mass is 10.2. The van der Waals surface area contributed by atoms with Crippen LogP contribution in [0.25, 0.3) is 0 Å². The van der Waals surface area contributed by atoms with Crippen molar-refractivity contribution in [2.24, 2.45) is 5.84 Å². The van der Waals surface area contributed by atoms with Gasteiger partial charge in [-0.15, -0.1) is 0 Å². The molecule has 0 atom stereocenters. The van der Waals surface area contributed by atoms with Crippen LogP contribution in [0, 0.1) is 12.7 Å². The molecule has 5 nitrogen and oxygen atoms in total. The minimum Gasteiger partial charge on any atom is -0.340 e. The molecule has 0 saturated carbocycles. The second kappa shape index (κ2) is 6.15. The Kier molecular flexibility index (Phi) is 4.51. The number of anilines is 3. The third kappa shape index (κ3) is 3.23. The fourth-order valence-corrected chi connectivity index (χ4v) is 2.17. The number of hydrogen-bond donors (Lipinski definition) is 3. The van der Waals surface area contributed by atoms with E-state index in [9.17, 15) is 4.39 Å². The summed E-state index contributed by atoms with van der Waals surface area (Å²) in [5.74, 6) is 6.77. The fraction of sp³-hybridized carbons (Fsp3) is 0.231. The molecule has 0 aliphatic carbocycles. The molecule has 106 valence electrons. The van der Waals surface area contributed by atoms with Gasteiger partial charge < -0.3 is 10.7 Å². The zero-order valence-corrected chi connectivity index (χ0v) is 12.8. The maximum absolute atomic E-state index is 13.6. The number of nitrogens with two attached hydrogens (primary N) is 1. The molecule has 0 aliphatic heterocycles. The van der Waals surface area contributed by atoms with E-state index in [1.54, 1.807) is 12.1 Å². The maximum atomic E-state index is 13.6. The van der Waals surface area contributed by atoms with Crippen molar-refractivity contribution < 1.29 is 4.39 Å². The topological polar surface area (TPSA) is 75.9 Å². The molecule has 1 heterocycles. The van der Waals surface area contributed by atoms with Crippen molar-refractivity contribution in [2.75, 3.05) is 10.7 Å². The Bertz CT molecular complexity index is 610. The molecule has 2 aromatic rings. The smallest absolute Gasteiger partial charge is 0.145 e. The highest BCUT2D eigenvalue weighted by molar-refractivity contribution is 9.10. The van der Waals surface area contributed by atoms with Gasteiger partial charge in [0.05, 0.1) is 4.47 Å². The van der Waals surface area contributed by atoms with Gasteiger partial charge in [0, 0.05) is 18.2 Å². The maximum Gasteiger partial charge on any atom is 0.145 e. The number of rotatable bonds is 4. The van der Waals surface area contributed by atoms with E-state index in [1.807, 2.05) is 13.8 Å². The molecule has 2 rings (SSSR count). The molecule has 20 heavy (non-hydrogen) atoms. The zero-order chi connectivity index (χ0) is 14.7. The summed E-state index contributed by atoms with van der Waals surface area (Å²) >= 11 is 3.16. The normalized spacial score (nSPS) is 10.4. The standard InChI is InChI=1S/C13H15BrFN5/c1-3-11-18-12(6-13(19-11)20-16)17-10-5-9(15)8(14)4-7(10)2/h4-6H,3,16H2,1-2H3,(H2,17,18,19,20). The largest absolute Gasteiger partial charge is 0.340 e. The predicted octanol–water partition coefficient (Wildman–Crippen LogP) is 3.28. The Morgan fingerprint density at radius 1 is 1.25 bits per heavy atom. The Balaban J connectivity index is 2.36. The van der Waals surface area contributed by atoms with Crippen molar-refractivity contribution in [3.63, 3.8) is 0 Å². The first-order chi connectivity index (χ1) is 9.53. The Morgan fingerprint density at radius 3 is 2.60 bits per heavy atom. The Labute approximate surface area is 124 Å². The first-order valence-corrected chi connectivity index (χ1v) is 6.90. The van der Waals surface area contributed by atoms with Crippen LogP contribution in [0.1, 0.15) is 18.3 Å². The zero-order valence-electron chi connectivity index (χ0n) is 11.2. The summed E-state index contributed by atoms with van der Waals surface area (Å²) < 4.78 is 14.0. The molecular formula is C13H15BrFN5. The summed E-state index contributed by atoms with van der Waals surface area (Å²) in [5, 5.41) is 3.08. The molecule has 0 spiro atoms. The number of aromatic nitrogens is 2. The quantitative estimate of drug-likeness (QED) is 0.588. The van der Waals surface area contributed by atoms with Crippen LogP contribution in [0.3, 0.4) is 0 Å². The lowest BCUT2D eigenvalue weighted by Gasteiger charge is -2.12. The van der Waals surface area contributed by atoms with Crippen LogP contribution in [0.2, 0.25) is 0 Å². The summed E-state index contributed by atoms with van der Waals surface area (Å²) in [6.45, 7) is 3.83. The van der Waals surface area contributed by atoms with Crippen molar-refractivity contribution >= 4 is 33.3 Å². The molecule has 0 radical (unpaired) electrons. The first-order valence-electron chi connectivity index (χ1n) is 6.10. The predicted molar refractivity (Wildman–Crippen MR) is 81.3 cm³/mol. The molecule has 0 unspecified atom stereocenters. The molecule has 0 amide bonds. The van der Waals surface area contributed by atoms with Crippen LogP contribution >= 0.6 is 15.9 Å². The second-order valence-electron chi connectivity index (χ2n) is 4.26. The molecule has 0 saturated heterocycles. The van der Waals surface area contributed by atoms with Crippen LogP contribution in [0.15, 0.2) is 22.7 Å². The number of nitrogens with one attached hydrogen (secondary N) is 2. The SMILES string of the molecule is CCc1nc(NN)cc(Nc2cc(F)c(Br)cc2C)n1. The van der Waals surface area contributed by atoms with Gasteiger partial charge >= 0.3 is 0 Å². The van der Waals surface area contributed by atoms with Crippen molar-refractivity contribution in [2.45, 2.75) is 20.3 Å². The number of nitrogen functional groups attached to an aromatic ring is 1. The number of aryl methyl sites for hydroxylation is 2. The summed E-state index contributed by atoms with van der Waals surface area (Å²) in [6.07, 6.45) is 0.678. The van der Waals surface area contributed by atoms with E-state index in [0.717, 1.165) is 5.56 Å². The highest BCUT2D eigenvalue weighted by Gasteiger charge is 2.08. The van der Waals surface area contributed by atoms with E-state index in [1.165, 1.54) is 6.07 Å². The first kappa shape index (κ1) is 14.7. The van der Waals surface area contributed by atoms with Gasteiger partial charge in [0.25, 0.3) is 0 Å². The van der Waals surface area contributed by atoms with Crippen molar-refractivity contribution in [3.05, 3.63) is 39.9 Å². The van der Waals surface area contributed by atoms with Crippen molar-refractivity contribution in [1.29, 1.82) is 0 Å². The van der Waals surface area contributed by atoms with Gasteiger partial charge in [0.1, 0.15) is 23.3 Å². The number of benzene rings is 1. The van der Waals surface area contributed by atoms with E-state index in [2.05, 4.69) is 36.6 Å². The van der Waals surface area contributed by atoms with Crippen LogP contribution in [0.5, 0.6) is 0 Å². The van der Waals surface area contributed by atoms with Gasteiger partial charge in [-0.1, -0.05) is 6.92 Å². The van der Waals surface area contributed by atoms with Gasteiger partial charge in [-0.05, 0) is 40.5 Å². The van der Waals surface area contributed by atoms with Crippen LogP contribution in [-0.4, -0.2) is 9.97 Å². The molecular weight excluding hydrogens is 325 g/mol. The Morgan fingerprint density at radius 2 is 1.95 bits per heavy atom. The molecule has 7 heteroatoms. The number of nitrogens with zero attached hydrogens (tertiary/aromatic N) is 2. The summed E-state index contributed by atoms with van der Waals surface area (Å²) in [6, 6.07) is 4.79. The minimum absolute atomic E-state index is 0.333. The summed E-state index contributed by atoms with van der Waals surface area (Å²) in [7, 11) is 0. The van der Waals surface area contributed by atoms with Crippen LogP contribution in [-0.2, 0) is 6.42 Å². The van der Waals surface area contributed by atoms with Gasteiger partial charge in [0.15, 0.2) is 0 Å². The van der Waals surface area contributed by atoms with E-state index in [-0.39, 0.29) is 5.82 Å². The highest BCUT2D eigenvalue weighted by Crippen LogP contribution is 2.26. The molecule has 0 bridgehead atoms. The number of hydrogen-bond acceptors (Lipinski definition) is 5. The summed E-state index contributed by atoms with van der Waals surface area (Å²) in [4.78, 5) is 8.53. The third-order valence-electron chi connectivity index (χ3n) is 2.77. The van der Waals surface area contributed by atoms with Gasteiger partial charge in [0.2, 0.25) is 0 Å². The Hall–Kier alpha value is -1.73. The van der Waals surface area contributed by atoms with Gasteiger partial charge in [-0.3, -0.25) is 0 Å². The average molecular weight is 340 g/mol. The van der Waals surface area contributed by atoms with Crippen LogP contribution in [0.4, 0.5) is 21.7 Å². The van der Waals surface area contributed by atoms with E-state index < -0.39 is 0 Å². The number of hydrazine groups is 1. The van der Waals surface area contributed by atoms with E-state index in [0.29, 0.717) is 34.0 Å². The molecule has 4 N–H and O–H groups in total. The third-order valence-corrected chi connectivity index (χ3v) is 3.37. The lowest BCUT2D eigenvalue weighted by Crippen LogP contribution is -2.11. The van der Waals surface area contributed by atoms with E-state index in [4.69, 9.17) is 5.84 Å². The molecule has 0 fully saturated rings. The second-order valence-corrected chi connectivity index (χ2v) is 5.11. The molecule has 1 aromatic carbocycles. The van der Waals surface area contributed by atoms with Gasteiger partial charge in [-0.2, -0.15) is 0 Å². The van der Waals surface area contributed by atoms with Crippen LogP contribution < -0.4 is 16.6 Å². The average Bonchev–Trinajstić information content (AvgIpc) is 2.44. The number of halogens is 2. The van der Waals surface area contributed by atoms with E-state index >= 15 is 0 Å². The highest BCUT2D eigenvalue weighted by atomic mass is 79.9.